The van der Waals surface area contributed by atoms with Gasteiger partial charge < -0.3 is 11.1 Å². The number of carbonyl (C=O) groups is 2. The highest BCUT2D eigenvalue weighted by atomic mass is 16.2. The van der Waals surface area contributed by atoms with E-state index in [4.69, 9.17) is 5.73 Å². The average Bonchev–Trinajstić information content (AvgIpc) is 2.52. The summed E-state index contributed by atoms with van der Waals surface area (Å²) in [6.07, 6.45) is 3.31. The summed E-state index contributed by atoms with van der Waals surface area (Å²) in [5.74, 6) is 0.284. The van der Waals surface area contributed by atoms with Crippen LogP contribution in [0, 0.1) is 5.92 Å². The SMILES string of the molecule is CCCN1CC(=O)[C@@H](NC(=O)[C@@H](N)CC(C)C)CC[C@H]1C. The van der Waals surface area contributed by atoms with Crippen LogP contribution in [0.3, 0.4) is 0 Å². The molecule has 3 N–H and O–H groups in total. The van der Waals surface area contributed by atoms with Gasteiger partial charge in [-0.25, -0.2) is 0 Å². The number of hydrogen-bond acceptors (Lipinski definition) is 4. The Kier molecular flexibility index (Phi) is 7.32. The Balaban J connectivity index is 2.59. The molecule has 0 radical (unpaired) electrons. The van der Waals surface area contributed by atoms with E-state index in [-0.39, 0.29) is 17.7 Å². The Morgan fingerprint density at radius 3 is 2.67 bits per heavy atom. The van der Waals surface area contributed by atoms with Gasteiger partial charge in [0.15, 0.2) is 5.78 Å². The van der Waals surface area contributed by atoms with Crippen molar-refractivity contribution in [3.05, 3.63) is 0 Å². The zero-order valence-corrected chi connectivity index (χ0v) is 13.9. The fourth-order valence-corrected chi connectivity index (χ4v) is 2.85. The van der Waals surface area contributed by atoms with Crippen molar-refractivity contribution in [2.75, 3.05) is 13.1 Å². The highest BCUT2D eigenvalue weighted by Gasteiger charge is 2.30. The molecule has 0 saturated carbocycles. The van der Waals surface area contributed by atoms with Gasteiger partial charge in [-0.2, -0.15) is 0 Å². The molecule has 0 aromatic carbocycles. The van der Waals surface area contributed by atoms with Gasteiger partial charge in [-0.15, -0.1) is 0 Å². The minimum absolute atomic E-state index is 0.109. The van der Waals surface area contributed by atoms with E-state index in [9.17, 15) is 9.59 Å². The summed E-state index contributed by atoms with van der Waals surface area (Å²) in [7, 11) is 0. The summed E-state index contributed by atoms with van der Waals surface area (Å²) in [4.78, 5) is 26.6. The molecule has 0 spiro atoms. The second kappa shape index (κ2) is 8.49. The van der Waals surface area contributed by atoms with Gasteiger partial charge in [0.25, 0.3) is 0 Å². The first-order chi connectivity index (χ1) is 9.85. The number of rotatable bonds is 6. The Morgan fingerprint density at radius 1 is 1.43 bits per heavy atom. The van der Waals surface area contributed by atoms with Crippen LogP contribution in [0.1, 0.15) is 53.4 Å². The molecule has 0 unspecified atom stereocenters. The first-order valence-electron chi connectivity index (χ1n) is 8.17. The van der Waals surface area contributed by atoms with Gasteiger partial charge in [0.05, 0.1) is 18.6 Å². The third-order valence-electron chi connectivity index (χ3n) is 4.13. The van der Waals surface area contributed by atoms with Crippen molar-refractivity contribution < 1.29 is 9.59 Å². The van der Waals surface area contributed by atoms with Crippen molar-refractivity contribution >= 4 is 11.7 Å². The molecule has 1 amide bonds. The van der Waals surface area contributed by atoms with Crippen LogP contribution in [0.2, 0.25) is 0 Å². The van der Waals surface area contributed by atoms with Crippen LogP contribution < -0.4 is 11.1 Å². The monoisotopic (exact) mass is 297 g/mol. The first kappa shape index (κ1) is 18.1. The van der Waals surface area contributed by atoms with E-state index in [1.54, 1.807) is 0 Å². The van der Waals surface area contributed by atoms with Crippen molar-refractivity contribution in [1.82, 2.24) is 10.2 Å². The molecular formula is C16H31N3O2. The predicted molar refractivity (Wildman–Crippen MR) is 84.9 cm³/mol. The molecule has 0 aliphatic carbocycles. The first-order valence-corrected chi connectivity index (χ1v) is 8.17. The second-order valence-corrected chi connectivity index (χ2v) is 6.66. The highest BCUT2D eigenvalue weighted by Crippen LogP contribution is 2.16. The molecule has 1 fully saturated rings. The van der Waals surface area contributed by atoms with Crippen molar-refractivity contribution in [3.8, 4) is 0 Å². The fraction of sp³-hybridized carbons (Fsp3) is 0.875. The van der Waals surface area contributed by atoms with Crippen molar-refractivity contribution in [1.29, 1.82) is 0 Å². The van der Waals surface area contributed by atoms with Crippen LogP contribution in [0.25, 0.3) is 0 Å². The normalized spacial score (nSPS) is 25.7. The van der Waals surface area contributed by atoms with E-state index >= 15 is 0 Å². The molecule has 21 heavy (non-hydrogen) atoms. The number of hydrogen-bond donors (Lipinski definition) is 2. The Bertz CT molecular complexity index is 357. The van der Waals surface area contributed by atoms with Crippen molar-refractivity contribution in [2.45, 2.75) is 71.5 Å². The summed E-state index contributed by atoms with van der Waals surface area (Å²) >= 11 is 0. The molecule has 122 valence electrons. The molecule has 1 aliphatic heterocycles. The lowest BCUT2D eigenvalue weighted by molar-refractivity contribution is -0.129. The average molecular weight is 297 g/mol. The summed E-state index contributed by atoms with van der Waals surface area (Å²) in [6, 6.07) is -0.509. The molecular weight excluding hydrogens is 266 g/mol. The number of nitrogens with zero attached hydrogens (tertiary/aromatic N) is 1. The number of nitrogens with two attached hydrogens (primary N) is 1. The molecule has 3 atom stereocenters. The number of likely N-dealkylation sites (tertiary alicyclic amines) is 1. The summed E-state index contributed by atoms with van der Waals surface area (Å²) < 4.78 is 0. The van der Waals surface area contributed by atoms with Gasteiger partial charge in [0, 0.05) is 6.04 Å². The number of amides is 1. The molecule has 1 heterocycles. The second-order valence-electron chi connectivity index (χ2n) is 6.66. The number of nitrogens with one attached hydrogen (secondary N) is 1. The van der Waals surface area contributed by atoms with Gasteiger partial charge in [0.2, 0.25) is 5.91 Å². The molecule has 5 nitrogen and oxygen atoms in total. The maximum atomic E-state index is 12.3. The van der Waals surface area contributed by atoms with Crippen LogP contribution >= 0.6 is 0 Å². The van der Waals surface area contributed by atoms with E-state index < -0.39 is 6.04 Å². The predicted octanol–water partition coefficient (Wildman–Crippen LogP) is 1.31. The number of Topliss-reactive ketones (excluding diaryl/α,β-unsaturated/α-hetero) is 1. The molecule has 0 aromatic heterocycles. The quantitative estimate of drug-likeness (QED) is 0.775. The Hall–Kier alpha value is -0.940. The van der Waals surface area contributed by atoms with Crippen LogP contribution in [0.15, 0.2) is 0 Å². The Morgan fingerprint density at radius 2 is 2.10 bits per heavy atom. The van der Waals surface area contributed by atoms with E-state index in [0.29, 0.717) is 31.3 Å². The summed E-state index contributed by atoms with van der Waals surface area (Å²) in [5.41, 5.74) is 5.89. The van der Waals surface area contributed by atoms with Crippen LogP contribution in [-0.2, 0) is 9.59 Å². The third kappa shape index (κ3) is 5.75. The molecule has 0 aromatic rings. The minimum Gasteiger partial charge on any atom is -0.345 e. The van der Waals surface area contributed by atoms with Crippen LogP contribution in [0.4, 0.5) is 0 Å². The van der Waals surface area contributed by atoms with Crippen LogP contribution in [0.5, 0.6) is 0 Å². The zero-order chi connectivity index (χ0) is 16.0. The van der Waals surface area contributed by atoms with Crippen LogP contribution in [-0.4, -0.2) is 47.8 Å². The maximum Gasteiger partial charge on any atom is 0.237 e. The van der Waals surface area contributed by atoms with Gasteiger partial charge in [-0.3, -0.25) is 14.5 Å². The van der Waals surface area contributed by atoms with E-state index in [1.165, 1.54) is 0 Å². The molecule has 1 aliphatic rings. The lowest BCUT2D eigenvalue weighted by Gasteiger charge is -2.25. The number of carbonyl (C=O) groups excluding carboxylic acids is 2. The Labute approximate surface area is 128 Å². The molecule has 5 heteroatoms. The van der Waals surface area contributed by atoms with Gasteiger partial charge in [0.1, 0.15) is 0 Å². The summed E-state index contributed by atoms with van der Waals surface area (Å²) in [5, 5.41) is 2.86. The topological polar surface area (TPSA) is 75.4 Å². The zero-order valence-electron chi connectivity index (χ0n) is 13.9. The smallest absolute Gasteiger partial charge is 0.237 e. The number of ketones is 1. The minimum atomic E-state index is -0.523. The van der Waals surface area contributed by atoms with E-state index in [1.807, 2.05) is 13.8 Å². The standard InChI is InChI=1S/C16H31N3O2/c1-5-8-19-10-15(20)14(7-6-12(19)4)18-16(21)13(17)9-11(2)3/h11-14H,5-10,17H2,1-4H3,(H,18,21)/t12-,13+,14+/m1/s1. The molecule has 0 bridgehead atoms. The third-order valence-corrected chi connectivity index (χ3v) is 4.13. The van der Waals surface area contributed by atoms with E-state index in [0.717, 1.165) is 19.4 Å². The highest BCUT2D eigenvalue weighted by molar-refractivity contribution is 5.92. The van der Waals surface area contributed by atoms with Crippen molar-refractivity contribution in [3.63, 3.8) is 0 Å². The molecule has 1 rings (SSSR count). The lowest BCUT2D eigenvalue weighted by Crippen LogP contribution is -2.49. The fourth-order valence-electron chi connectivity index (χ4n) is 2.85. The lowest BCUT2D eigenvalue weighted by atomic mass is 10.0. The largest absolute Gasteiger partial charge is 0.345 e. The van der Waals surface area contributed by atoms with E-state index in [2.05, 4.69) is 24.1 Å². The van der Waals surface area contributed by atoms with Gasteiger partial charge in [-0.1, -0.05) is 20.8 Å². The van der Waals surface area contributed by atoms with Gasteiger partial charge in [-0.05, 0) is 45.1 Å². The molecule has 1 saturated heterocycles. The maximum absolute atomic E-state index is 12.3. The van der Waals surface area contributed by atoms with Gasteiger partial charge >= 0.3 is 0 Å². The summed E-state index contributed by atoms with van der Waals surface area (Å²) in [6.45, 7) is 9.70. The van der Waals surface area contributed by atoms with Crippen molar-refractivity contribution in [2.24, 2.45) is 11.7 Å².